The molecule has 1 fully saturated rings. The third kappa shape index (κ3) is 0.902. The molecule has 0 radical (unpaired) electrons. The van der Waals surface area contributed by atoms with Gasteiger partial charge in [-0.1, -0.05) is 24.3 Å². The molecule has 0 heterocycles. The molecule has 3 aliphatic rings. The number of hydrogen-bond acceptors (Lipinski definition) is 1. The van der Waals surface area contributed by atoms with Crippen molar-refractivity contribution in [3.63, 3.8) is 0 Å². The minimum atomic E-state index is 0.341. The second-order valence-electron chi connectivity index (χ2n) is 3.77. The molecule has 0 aromatic heterocycles. The van der Waals surface area contributed by atoms with Crippen LogP contribution in [-0.4, -0.2) is 5.78 Å². The minimum absolute atomic E-state index is 0.341. The van der Waals surface area contributed by atoms with Gasteiger partial charge in [0.25, 0.3) is 0 Å². The van der Waals surface area contributed by atoms with Gasteiger partial charge >= 0.3 is 0 Å². The first-order valence-corrected chi connectivity index (χ1v) is 4.70. The molecule has 1 saturated carbocycles. The minimum Gasteiger partial charge on any atom is -0.295 e. The molecule has 1 atom stereocenters. The van der Waals surface area contributed by atoms with E-state index in [2.05, 4.69) is 24.3 Å². The molecule has 0 aliphatic heterocycles. The molecule has 1 heteroatoms. The monoisotopic (exact) mass is 170 g/mol. The van der Waals surface area contributed by atoms with Crippen LogP contribution in [0.4, 0.5) is 0 Å². The zero-order valence-corrected chi connectivity index (χ0v) is 7.29. The normalized spacial score (nSPS) is 29.4. The molecule has 0 spiro atoms. The van der Waals surface area contributed by atoms with Crippen molar-refractivity contribution < 1.29 is 4.79 Å². The van der Waals surface area contributed by atoms with Crippen LogP contribution in [0.1, 0.15) is 12.8 Å². The zero-order chi connectivity index (χ0) is 8.84. The lowest BCUT2D eigenvalue weighted by Gasteiger charge is -2.14. The fourth-order valence-electron chi connectivity index (χ4n) is 2.27. The van der Waals surface area contributed by atoms with E-state index >= 15 is 0 Å². The van der Waals surface area contributed by atoms with Crippen LogP contribution in [0.25, 0.3) is 0 Å². The Hall–Kier alpha value is -1.37. The number of carbonyl (C=O) groups excluding carboxylic acids is 1. The van der Waals surface area contributed by atoms with Crippen LogP contribution >= 0.6 is 0 Å². The van der Waals surface area contributed by atoms with Gasteiger partial charge in [0, 0.05) is 17.9 Å². The van der Waals surface area contributed by atoms with Gasteiger partial charge in [-0.2, -0.15) is 0 Å². The van der Waals surface area contributed by atoms with E-state index in [4.69, 9.17) is 0 Å². The molecule has 3 rings (SSSR count). The van der Waals surface area contributed by atoms with Crippen LogP contribution in [0.5, 0.6) is 0 Å². The van der Waals surface area contributed by atoms with Crippen molar-refractivity contribution in [1.29, 1.82) is 0 Å². The van der Waals surface area contributed by atoms with E-state index < -0.39 is 0 Å². The molecule has 0 aromatic rings. The first-order valence-electron chi connectivity index (χ1n) is 4.70. The van der Waals surface area contributed by atoms with Gasteiger partial charge in [0.1, 0.15) is 0 Å². The summed E-state index contributed by atoms with van der Waals surface area (Å²) >= 11 is 0. The quantitative estimate of drug-likeness (QED) is 0.545. The highest BCUT2D eigenvalue weighted by molar-refractivity contribution is 6.00. The van der Waals surface area contributed by atoms with E-state index in [9.17, 15) is 4.79 Å². The largest absolute Gasteiger partial charge is 0.295 e. The lowest BCUT2D eigenvalue weighted by Crippen LogP contribution is -2.04. The van der Waals surface area contributed by atoms with Crippen molar-refractivity contribution in [3.8, 4) is 0 Å². The van der Waals surface area contributed by atoms with Crippen molar-refractivity contribution in [2.24, 2.45) is 5.92 Å². The number of ketones is 1. The molecule has 1 unspecified atom stereocenters. The lowest BCUT2D eigenvalue weighted by atomic mass is 9.90. The molecule has 0 aromatic carbocycles. The van der Waals surface area contributed by atoms with Gasteiger partial charge in [-0.05, 0) is 23.6 Å². The van der Waals surface area contributed by atoms with Gasteiger partial charge in [-0.3, -0.25) is 4.79 Å². The summed E-state index contributed by atoms with van der Waals surface area (Å²) in [4.78, 5) is 11.5. The molecule has 1 nitrogen and oxygen atoms in total. The van der Waals surface area contributed by atoms with Gasteiger partial charge < -0.3 is 0 Å². The predicted octanol–water partition coefficient (Wildman–Crippen LogP) is 2.33. The molecule has 13 heavy (non-hydrogen) atoms. The fraction of sp³-hybridized carbons (Fsp3) is 0.250. The molecule has 0 N–H and O–H groups in total. The van der Waals surface area contributed by atoms with Crippen LogP contribution in [0.3, 0.4) is 0 Å². The molecule has 3 aliphatic carbocycles. The summed E-state index contributed by atoms with van der Waals surface area (Å²) < 4.78 is 0. The van der Waals surface area contributed by atoms with Crippen molar-refractivity contribution in [2.75, 3.05) is 0 Å². The van der Waals surface area contributed by atoms with Crippen molar-refractivity contribution in [1.82, 2.24) is 0 Å². The summed E-state index contributed by atoms with van der Waals surface area (Å²) in [6, 6.07) is 0. The summed E-state index contributed by atoms with van der Waals surface area (Å²) in [6.45, 7) is 0. The SMILES string of the molecule is O=C1CCC2C=C3C=CC=C3C=C12. The molecular formula is C12H10O. The zero-order valence-electron chi connectivity index (χ0n) is 7.29. The highest BCUT2D eigenvalue weighted by Crippen LogP contribution is 2.38. The summed E-state index contributed by atoms with van der Waals surface area (Å²) in [5.41, 5.74) is 3.53. The number of carbonyl (C=O) groups is 1. The number of allylic oxidation sites excluding steroid dienone is 8. The topological polar surface area (TPSA) is 17.1 Å². The third-order valence-corrected chi connectivity index (χ3v) is 2.98. The summed E-state index contributed by atoms with van der Waals surface area (Å²) in [6.07, 6.45) is 12.3. The van der Waals surface area contributed by atoms with Gasteiger partial charge in [0.15, 0.2) is 5.78 Å². The number of hydrogen-bond donors (Lipinski definition) is 0. The first-order chi connectivity index (χ1) is 6.34. The average Bonchev–Trinajstić information content (AvgIpc) is 2.70. The molecule has 64 valence electrons. The third-order valence-electron chi connectivity index (χ3n) is 2.98. The number of Topliss-reactive ketones (excluding diaryl/α,β-unsaturated/α-hetero) is 1. The van der Waals surface area contributed by atoms with Crippen LogP contribution < -0.4 is 0 Å². The highest BCUT2D eigenvalue weighted by Gasteiger charge is 2.30. The fourth-order valence-corrected chi connectivity index (χ4v) is 2.27. The molecule has 0 saturated heterocycles. The Balaban J connectivity index is 2.11. The maximum atomic E-state index is 11.5. The van der Waals surface area contributed by atoms with Crippen molar-refractivity contribution in [2.45, 2.75) is 12.8 Å². The van der Waals surface area contributed by atoms with Gasteiger partial charge in [0.2, 0.25) is 0 Å². The van der Waals surface area contributed by atoms with Crippen LogP contribution in [0.2, 0.25) is 0 Å². The van der Waals surface area contributed by atoms with Crippen LogP contribution in [0, 0.1) is 5.92 Å². The van der Waals surface area contributed by atoms with E-state index in [0.717, 1.165) is 18.4 Å². The van der Waals surface area contributed by atoms with Gasteiger partial charge in [-0.15, -0.1) is 0 Å². The number of rotatable bonds is 0. The Kier molecular flexibility index (Phi) is 1.26. The lowest BCUT2D eigenvalue weighted by molar-refractivity contribution is -0.114. The predicted molar refractivity (Wildman–Crippen MR) is 51.1 cm³/mol. The smallest absolute Gasteiger partial charge is 0.159 e. The van der Waals surface area contributed by atoms with Crippen molar-refractivity contribution >= 4 is 5.78 Å². The van der Waals surface area contributed by atoms with Crippen LogP contribution in [-0.2, 0) is 4.79 Å². The van der Waals surface area contributed by atoms with E-state index in [1.165, 1.54) is 11.1 Å². The average molecular weight is 170 g/mol. The van der Waals surface area contributed by atoms with E-state index in [0.29, 0.717) is 11.7 Å². The Morgan fingerprint density at radius 1 is 1.31 bits per heavy atom. The number of fused-ring (bicyclic) bond motifs is 2. The Morgan fingerprint density at radius 3 is 3.15 bits per heavy atom. The Bertz CT molecular complexity index is 405. The molecule has 0 bridgehead atoms. The van der Waals surface area contributed by atoms with Crippen LogP contribution in [0.15, 0.2) is 47.1 Å². The summed E-state index contributed by atoms with van der Waals surface area (Å²) in [7, 11) is 0. The van der Waals surface area contributed by atoms with E-state index in [1.54, 1.807) is 0 Å². The van der Waals surface area contributed by atoms with E-state index in [-0.39, 0.29) is 0 Å². The van der Waals surface area contributed by atoms with E-state index in [1.807, 2.05) is 6.08 Å². The second kappa shape index (κ2) is 2.32. The molecular weight excluding hydrogens is 160 g/mol. The summed E-state index contributed by atoms with van der Waals surface area (Å²) in [5.74, 6) is 0.746. The van der Waals surface area contributed by atoms with Crippen molar-refractivity contribution in [3.05, 3.63) is 47.1 Å². The van der Waals surface area contributed by atoms with Gasteiger partial charge in [0.05, 0.1) is 0 Å². The maximum absolute atomic E-state index is 11.5. The Labute approximate surface area is 77.1 Å². The highest BCUT2D eigenvalue weighted by atomic mass is 16.1. The standard InChI is InChI=1S/C12H10O/c13-12-5-4-10-6-8-2-1-3-9(8)7-11(10)12/h1-3,6-7,10H,4-5H2. The Morgan fingerprint density at radius 2 is 2.23 bits per heavy atom. The van der Waals surface area contributed by atoms with Gasteiger partial charge in [-0.25, -0.2) is 0 Å². The maximum Gasteiger partial charge on any atom is 0.159 e. The summed E-state index contributed by atoms with van der Waals surface area (Å²) in [5, 5.41) is 0. The first kappa shape index (κ1) is 7.07. The second-order valence-corrected chi connectivity index (χ2v) is 3.77. The molecule has 0 amide bonds.